The number of benzene rings is 1. The summed E-state index contributed by atoms with van der Waals surface area (Å²) in [6, 6.07) is 9.36. The molecule has 2 rings (SSSR count). The van der Waals surface area contributed by atoms with Crippen LogP contribution in [0.2, 0.25) is 15.2 Å². The van der Waals surface area contributed by atoms with Crippen LogP contribution in [0.25, 0.3) is 0 Å². The minimum atomic E-state index is 0.163. The highest BCUT2D eigenvalue weighted by Crippen LogP contribution is 2.23. The highest BCUT2D eigenvalue weighted by molar-refractivity contribution is 6.42. The lowest BCUT2D eigenvalue weighted by Crippen LogP contribution is -2.24. The number of aliphatic hydroxyl groups is 1. The van der Waals surface area contributed by atoms with Crippen molar-refractivity contribution >= 4 is 34.8 Å². The highest BCUT2D eigenvalue weighted by Gasteiger charge is 2.09. The summed E-state index contributed by atoms with van der Waals surface area (Å²) < 4.78 is 0. The van der Waals surface area contributed by atoms with Gasteiger partial charge in [0.05, 0.1) is 10.0 Å². The Kier molecular flexibility index (Phi) is 6.93. The summed E-state index contributed by atoms with van der Waals surface area (Å²) in [5, 5.41) is 10.7. The van der Waals surface area contributed by atoms with E-state index >= 15 is 0 Å². The van der Waals surface area contributed by atoms with Gasteiger partial charge in [0.2, 0.25) is 0 Å². The van der Waals surface area contributed by atoms with Crippen LogP contribution in [0.4, 0.5) is 0 Å². The molecule has 0 spiro atoms. The molecule has 0 saturated heterocycles. The number of nitrogens with zero attached hydrogens (tertiary/aromatic N) is 2. The summed E-state index contributed by atoms with van der Waals surface area (Å²) in [5.41, 5.74) is 2.15. The largest absolute Gasteiger partial charge is 0.396 e. The van der Waals surface area contributed by atoms with E-state index in [1.807, 2.05) is 18.2 Å². The fourth-order valence-electron chi connectivity index (χ4n) is 2.16. The van der Waals surface area contributed by atoms with Gasteiger partial charge < -0.3 is 5.11 Å². The molecule has 0 aliphatic rings. The third kappa shape index (κ3) is 5.41. The lowest BCUT2D eigenvalue weighted by Gasteiger charge is -2.22. The van der Waals surface area contributed by atoms with Crippen molar-refractivity contribution in [2.45, 2.75) is 19.5 Å². The Bertz CT molecular complexity index is 605. The van der Waals surface area contributed by atoms with Gasteiger partial charge in [-0.05, 0) is 35.7 Å². The summed E-state index contributed by atoms with van der Waals surface area (Å²) in [6.45, 7) is 2.39. The molecule has 1 N–H and O–H groups in total. The zero-order chi connectivity index (χ0) is 15.9. The van der Waals surface area contributed by atoms with E-state index in [0.717, 1.165) is 30.8 Å². The summed E-state index contributed by atoms with van der Waals surface area (Å²) in [7, 11) is 0. The van der Waals surface area contributed by atoms with Gasteiger partial charge in [-0.1, -0.05) is 46.9 Å². The monoisotopic (exact) mass is 358 g/mol. The maximum absolute atomic E-state index is 9.07. The lowest BCUT2D eigenvalue weighted by atomic mass is 10.2. The van der Waals surface area contributed by atoms with E-state index in [4.69, 9.17) is 39.9 Å². The average Bonchev–Trinajstić information content (AvgIpc) is 2.51. The molecule has 0 unspecified atom stereocenters. The summed E-state index contributed by atoms with van der Waals surface area (Å²) in [5.74, 6) is 0. The Labute approximate surface area is 145 Å². The van der Waals surface area contributed by atoms with E-state index < -0.39 is 0 Å². The third-order valence-electron chi connectivity index (χ3n) is 3.22. The van der Waals surface area contributed by atoms with Crippen molar-refractivity contribution in [2.24, 2.45) is 0 Å². The molecule has 0 atom stereocenters. The predicted molar refractivity (Wildman–Crippen MR) is 91.5 cm³/mol. The van der Waals surface area contributed by atoms with Gasteiger partial charge in [-0.25, -0.2) is 4.98 Å². The second-order valence-corrected chi connectivity index (χ2v) is 6.23. The maximum Gasteiger partial charge on any atom is 0.129 e. The van der Waals surface area contributed by atoms with Crippen molar-refractivity contribution in [3.05, 3.63) is 62.9 Å². The second kappa shape index (κ2) is 8.70. The molecular formula is C16H17Cl3N2O. The first-order valence-electron chi connectivity index (χ1n) is 6.96. The van der Waals surface area contributed by atoms with Crippen LogP contribution in [0.15, 0.2) is 36.5 Å². The van der Waals surface area contributed by atoms with Crippen LogP contribution in [-0.2, 0) is 13.1 Å². The minimum absolute atomic E-state index is 0.163. The van der Waals surface area contributed by atoms with Crippen molar-refractivity contribution in [2.75, 3.05) is 13.2 Å². The number of halogens is 3. The maximum atomic E-state index is 9.07. The third-order valence-corrected chi connectivity index (χ3v) is 4.18. The zero-order valence-corrected chi connectivity index (χ0v) is 14.2. The lowest BCUT2D eigenvalue weighted by molar-refractivity contribution is 0.212. The van der Waals surface area contributed by atoms with Crippen LogP contribution in [0.3, 0.4) is 0 Å². The van der Waals surface area contributed by atoms with Crippen molar-refractivity contribution in [3.8, 4) is 0 Å². The summed E-state index contributed by atoms with van der Waals surface area (Å²) in [4.78, 5) is 6.32. The van der Waals surface area contributed by atoms with Gasteiger partial charge in [0.1, 0.15) is 5.15 Å². The Balaban J connectivity index is 2.07. The molecule has 2 aromatic rings. The first-order chi connectivity index (χ1) is 10.6. The zero-order valence-electron chi connectivity index (χ0n) is 12.0. The molecule has 1 aromatic carbocycles. The molecule has 0 bridgehead atoms. The van der Waals surface area contributed by atoms with Gasteiger partial charge in [0, 0.05) is 32.4 Å². The van der Waals surface area contributed by atoms with Gasteiger partial charge >= 0.3 is 0 Å². The van der Waals surface area contributed by atoms with Gasteiger partial charge in [-0.15, -0.1) is 0 Å². The van der Waals surface area contributed by atoms with Crippen molar-refractivity contribution in [1.82, 2.24) is 9.88 Å². The smallest absolute Gasteiger partial charge is 0.129 e. The normalized spacial score (nSPS) is 11.1. The van der Waals surface area contributed by atoms with Gasteiger partial charge in [0.25, 0.3) is 0 Å². The number of hydrogen-bond donors (Lipinski definition) is 1. The van der Waals surface area contributed by atoms with E-state index in [2.05, 4.69) is 9.88 Å². The Morgan fingerprint density at radius 1 is 0.955 bits per heavy atom. The highest BCUT2D eigenvalue weighted by atomic mass is 35.5. The average molecular weight is 360 g/mol. The van der Waals surface area contributed by atoms with Crippen LogP contribution < -0.4 is 0 Å². The number of pyridine rings is 1. The molecule has 0 fully saturated rings. The van der Waals surface area contributed by atoms with E-state index in [1.165, 1.54) is 0 Å². The van der Waals surface area contributed by atoms with Crippen molar-refractivity contribution in [1.29, 1.82) is 0 Å². The number of hydrogen-bond acceptors (Lipinski definition) is 3. The topological polar surface area (TPSA) is 36.4 Å². The number of aliphatic hydroxyl groups excluding tert-OH is 1. The SMILES string of the molecule is OCCCN(Cc1ccc(Cl)nc1)Cc1ccc(Cl)c(Cl)c1. The van der Waals surface area contributed by atoms with Crippen molar-refractivity contribution < 1.29 is 5.11 Å². The number of aromatic nitrogens is 1. The first kappa shape index (κ1) is 17.5. The van der Waals surface area contributed by atoms with E-state index in [9.17, 15) is 0 Å². The van der Waals surface area contributed by atoms with Crippen LogP contribution in [0.5, 0.6) is 0 Å². The molecule has 0 radical (unpaired) electrons. The Morgan fingerprint density at radius 3 is 2.32 bits per heavy atom. The van der Waals surface area contributed by atoms with Gasteiger partial charge in [-0.2, -0.15) is 0 Å². The molecule has 22 heavy (non-hydrogen) atoms. The molecular weight excluding hydrogens is 343 g/mol. The molecule has 1 aromatic heterocycles. The van der Waals surface area contributed by atoms with Crippen LogP contribution in [-0.4, -0.2) is 28.1 Å². The molecule has 1 heterocycles. The van der Waals surface area contributed by atoms with Crippen LogP contribution in [0.1, 0.15) is 17.5 Å². The first-order valence-corrected chi connectivity index (χ1v) is 8.09. The molecule has 118 valence electrons. The van der Waals surface area contributed by atoms with E-state index in [0.29, 0.717) is 21.6 Å². The fourth-order valence-corrected chi connectivity index (χ4v) is 2.60. The molecule has 0 amide bonds. The van der Waals surface area contributed by atoms with Crippen LogP contribution >= 0.6 is 34.8 Å². The van der Waals surface area contributed by atoms with Gasteiger partial charge in [0.15, 0.2) is 0 Å². The Hall–Kier alpha value is -0.840. The molecule has 0 aliphatic heterocycles. The quantitative estimate of drug-likeness (QED) is 0.743. The fraction of sp³-hybridized carbons (Fsp3) is 0.312. The molecule has 0 aliphatic carbocycles. The van der Waals surface area contributed by atoms with E-state index in [1.54, 1.807) is 18.3 Å². The van der Waals surface area contributed by atoms with E-state index in [-0.39, 0.29) is 6.61 Å². The summed E-state index contributed by atoms with van der Waals surface area (Å²) in [6.07, 6.45) is 2.48. The predicted octanol–water partition coefficient (Wildman–Crippen LogP) is 4.43. The van der Waals surface area contributed by atoms with Crippen molar-refractivity contribution in [3.63, 3.8) is 0 Å². The number of rotatable bonds is 7. The standard InChI is InChI=1S/C16H17Cl3N2O/c17-14-4-2-12(8-15(14)18)10-21(6-1-7-22)11-13-3-5-16(19)20-9-13/h2-5,8-9,22H,1,6-7,10-11H2. The molecule has 3 nitrogen and oxygen atoms in total. The second-order valence-electron chi connectivity index (χ2n) is 5.03. The minimum Gasteiger partial charge on any atom is -0.396 e. The molecule has 6 heteroatoms. The van der Waals surface area contributed by atoms with Crippen LogP contribution in [0, 0.1) is 0 Å². The molecule has 0 saturated carbocycles. The van der Waals surface area contributed by atoms with Gasteiger partial charge in [-0.3, -0.25) is 4.90 Å². The Morgan fingerprint density at radius 2 is 1.68 bits per heavy atom. The summed E-state index contributed by atoms with van der Waals surface area (Å²) >= 11 is 17.8.